The molecule has 0 aliphatic heterocycles. The number of hydrogen-bond acceptors (Lipinski definition) is 6. The van der Waals surface area contributed by atoms with Gasteiger partial charge in [-0.25, -0.2) is 0 Å². The van der Waals surface area contributed by atoms with E-state index in [0.29, 0.717) is 18.3 Å². The zero-order valence-corrected chi connectivity index (χ0v) is 24.0. The predicted molar refractivity (Wildman–Crippen MR) is 161 cm³/mol. The van der Waals surface area contributed by atoms with E-state index in [1.807, 2.05) is 6.07 Å². The summed E-state index contributed by atoms with van der Waals surface area (Å²) in [7, 11) is 3.38. The van der Waals surface area contributed by atoms with Gasteiger partial charge in [0.15, 0.2) is 11.5 Å². The van der Waals surface area contributed by atoms with Crippen molar-refractivity contribution in [1.29, 1.82) is 0 Å². The number of phenols is 1. The van der Waals surface area contributed by atoms with E-state index >= 15 is 0 Å². The summed E-state index contributed by atoms with van der Waals surface area (Å²) in [5.74, 6) is 4.04. The number of nitrogens with one attached hydrogen (secondary N) is 2. The third-order valence-corrected chi connectivity index (χ3v) is 8.50. The van der Waals surface area contributed by atoms with E-state index in [0.717, 1.165) is 80.6 Å². The fraction of sp³-hybridized carbons (Fsp3) is 0.471. The van der Waals surface area contributed by atoms with Gasteiger partial charge in [-0.15, -0.1) is 0 Å². The van der Waals surface area contributed by atoms with Gasteiger partial charge in [0.2, 0.25) is 0 Å². The van der Waals surface area contributed by atoms with Gasteiger partial charge in [0.25, 0.3) is 0 Å². The molecule has 0 aromatic heterocycles. The molecule has 0 spiro atoms. The van der Waals surface area contributed by atoms with E-state index in [1.165, 1.54) is 41.5 Å². The third kappa shape index (κ3) is 7.22. The van der Waals surface area contributed by atoms with Gasteiger partial charge in [-0.05, 0) is 116 Å². The van der Waals surface area contributed by atoms with E-state index < -0.39 is 0 Å². The minimum Gasteiger partial charge on any atom is -0.508 e. The molecule has 3 aromatic carbocycles. The number of ether oxygens (including phenoxy) is 3. The van der Waals surface area contributed by atoms with Crippen molar-refractivity contribution in [3.8, 4) is 23.0 Å². The van der Waals surface area contributed by atoms with Crippen molar-refractivity contribution in [3.05, 3.63) is 76.9 Å². The Morgan fingerprint density at radius 2 is 1.68 bits per heavy atom. The van der Waals surface area contributed by atoms with Crippen LogP contribution in [-0.4, -0.2) is 45.6 Å². The van der Waals surface area contributed by atoms with Crippen molar-refractivity contribution >= 4 is 5.69 Å². The van der Waals surface area contributed by atoms with Crippen LogP contribution >= 0.6 is 0 Å². The molecule has 0 bridgehead atoms. The van der Waals surface area contributed by atoms with Crippen LogP contribution in [0.15, 0.2) is 54.6 Å². The van der Waals surface area contributed by atoms with Gasteiger partial charge in [-0.1, -0.05) is 24.6 Å². The lowest BCUT2D eigenvalue weighted by atomic mass is 9.79. The SMILES string of the molecule is COc1cc(NCCCc2ccc(OCCNCC3CCC3)cc2)c(C2CCc3cc(O)ccc3C2)cc1OC. The third-order valence-electron chi connectivity index (χ3n) is 8.50. The Labute approximate surface area is 239 Å². The molecule has 214 valence electrons. The number of aryl methyl sites for hydroxylation is 2. The largest absolute Gasteiger partial charge is 0.508 e. The van der Waals surface area contributed by atoms with Crippen LogP contribution in [-0.2, 0) is 19.3 Å². The molecular formula is C34H44N2O4. The maximum absolute atomic E-state index is 9.89. The lowest BCUT2D eigenvalue weighted by Gasteiger charge is -2.28. The summed E-state index contributed by atoms with van der Waals surface area (Å²) >= 11 is 0. The zero-order chi connectivity index (χ0) is 27.7. The summed E-state index contributed by atoms with van der Waals surface area (Å²) in [6.07, 6.45) is 9.11. The number of hydrogen-bond donors (Lipinski definition) is 3. The Balaban J connectivity index is 1.13. The van der Waals surface area contributed by atoms with Gasteiger partial charge in [0.1, 0.15) is 18.1 Å². The molecule has 6 heteroatoms. The molecule has 2 aliphatic rings. The van der Waals surface area contributed by atoms with Crippen LogP contribution in [0, 0.1) is 5.92 Å². The van der Waals surface area contributed by atoms with Gasteiger partial charge < -0.3 is 30.0 Å². The fourth-order valence-corrected chi connectivity index (χ4v) is 5.90. The van der Waals surface area contributed by atoms with Crippen molar-refractivity contribution in [2.24, 2.45) is 5.92 Å². The fourth-order valence-electron chi connectivity index (χ4n) is 5.90. The first-order valence-corrected chi connectivity index (χ1v) is 14.9. The van der Waals surface area contributed by atoms with Gasteiger partial charge in [-0.3, -0.25) is 0 Å². The average molecular weight is 545 g/mol. The highest BCUT2D eigenvalue weighted by atomic mass is 16.5. The predicted octanol–water partition coefficient (Wildman–Crippen LogP) is 6.50. The van der Waals surface area contributed by atoms with Crippen molar-refractivity contribution in [2.45, 2.75) is 57.3 Å². The van der Waals surface area contributed by atoms with E-state index in [2.05, 4.69) is 53.1 Å². The Morgan fingerprint density at radius 1 is 0.875 bits per heavy atom. The Morgan fingerprint density at radius 3 is 2.42 bits per heavy atom. The lowest BCUT2D eigenvalue weighted by molar-refractivity contribution is 0.276. The summed E-state index contributed by atoms with van der Waals surface area (Å²) < 4.78 is 17.2. The number of aromatic hydroxyl groups is 1. The molecule has 0 radical (unpaired) electrons. The zero-order valence-electron chi connectivity index (χ0n) is 24.0. The standard InChI is InChI=1S/C34H44N2O4/c1-38-33-21-31(28-11-10-27-20-29(37)13-12-26(27)19-28)32(22-34(33)39-2)36-16-4-7-24-8-14-30(15-9-24)40-18-17-35-23-25-5-3-6-25/h8-9,12-15,20-22,25,28,35-37H,3-7,10-11,16-19,23H2,1-2H3. The molecule has 0 saturated heterocycles. The van der Waals surface area contributed by atoms with Crippen LogP contribution in [0.1, 0.15) is 60.3 Å². The molecule has 2 aliphatic carbocycles. The minimum absolute atomic E-state index is 0.347. The summed E-state index contributed by atoms with van der Waals surface area (Å²) in [5, 5.41) is 17.1. The lowest BCUT2D eigenvalue weighted by Crippen LogP contribution is -2.30. The molecule has 5 rings (SSSR count). The van der Waals surface area contributed by atoms with Gasteiger partial charge in [0, 0.05) is 24.8 Å². The van der Waals surface area contributed by atoms with E-state index in [9.17, 15) is 5.11 Å². The first-order chi connectivity index (χ1) is 19.6. The molecule has 1 unspecified atom stereocenters. The molecule has 3 N–H and O–H groups in total. The van der Waals surface area contributed by atoms with Crippen LogP contribution in [0.2, 0.25) is 0 Å². The molecule has 3 aromatic rings. The Kier molecular flexibility index (Phi) is 9.72. The number of benzene rings is 3. The highest BCUT2D eigenvalue weighted by Gasteiger charge is 2.24. The van der Waals surface area contributed by atoms with Crippen LogP contribution in [0.5, 0.6) is 23.0 Å². The maximum Gasteiger partial charge on any atom is 0.162 e. The van der Waals surface area contributed by atoms with Crippen LogP contribution < -0.4 is 24.8 Å². The van der Waals surface area contributed by atoms with Gasteiger partial charge in [-0.2, -0.15) is 0 Å². The van der Waals surface area contributed by atoms with Crippen LogP contribution in [0.4, 0.5) is 5.69 Å². The highest BCUT2D eigenvalue weighted by Crippen LogP contribution is 2.42. The average Bonchev–Trinajstić information content (AvgIpc) is 2.96. The number of anilines is 1. The smallest absolute Gasteiger partial charge is 0.162 e. The monoisotopic (exact) mass is 544 g/mol. The number of rotatable bonds is 14. The van der Waals surface area contributed by atoms with Crippen molar-refractivity contribution in [1.82, 2.24) is 5.32 Å². The summed E-state index contributed by atoms with van der Waals surface area (Å²) in [6.45, 7) is 3.60. The first kappa shape index (κ1) is 28.2. The normalized spacial score (nSPS) is 16.6. The first-order valence-electron chi connectivity index (χ1n) is 14.9. The number of fused-ring (bicyclic) bond motifs is 1. The summed E-state index contributed by atoms with van der Waals surface area (Å²) in [6, 6.07) is 18.5. The number of phenolic OH excluding ortho intramolecular Hbond substituents is 1. The van der Waals surface area contributed by atoms with Crippen LogP contribution in [0.25, 0.3) is 0 Å². The topological polar surface area (TPSA) is 72.0 Å². The summed E-state index contributed by atoms with van der Waals surface area (Å²) in [4.78, 5) is 0. The molecule has 0 amide bonds. The molecular weight excluding hydrogens is 500 g/mol. The maximum atomic E-state index is 9.89. The quantitative estimate of drug-likeness (QED) is 0.201. The minimum atomic E-state index is 0.347. The Hall–Kier alpha value is -3.38. The van der Waals surface area contributed by atoms with E-state index in [-0.39, 0.29) is 0 Å². The second kappa shape index (κ2) is 13.8. The van der Waals surface area contributed by atoms with E-state index in [4.69, 9.17) is 14.2 Å². The van der Waals surface area contributed by atoms with Gasteiger partial charge >= 0.3 is 0 Å². The van der Waals surface area contributed by atoms with Crippen molar-refractivity contribution in [2.75, 3.05) is 45.8 Å². The van der Waals surface area contributed by atoms with Crippen molar-refractivity contribution in [3.63, 3.8) is 0 Å². The molecule has 6 nitrogen and oxygen atoms in total. The second-order valence-corrected chi connectivity index (χ2v) is 11.2. The molecule has 1 saturated carbocycles. The Bertz CT molecular complexity index is 1240. The highest BCUT2D eigenvalue weighted by molar-refractivity contribution is 5.62. The number of methoxy groups -OCH3 is 2. The molecule has 1 atom stereocenters. The molecule has 1 fully saturated rings. The molecule has 40 heavy (non-hydrogen) atoms. The van der Waals surface area contributed by atoms with Crippen molar-refractivity contribution < 1.29 is 19.3 Å². The van der Waals surface area contributed by atoms with Crippen LogP contribution in [0.3, 0.4) is 0 Å². The second-order valence-electron chi connectivity index (χ2n) is 11.2. The molecule has 0 heterocycles. The van der Waals surface area contributed by atoms with E-state index in [1.54, 1.807) is 20.3 Å². The summed E-state index contributed by atoms with van der Waals surface area (Å²) in [5.41, 5.74) is 6.26. The van der Waals surface area contributed by atoms with Gasteiger partial charge in [0.05, 0.1) is 14.2 Å².